The molecule has 0 rings (SSSR count). The van der Waals surface area contributed by atoms with Gasteiger partial charge < -0.3 is 4.74 Å². The van der Waals surface area contributed by atoms with Gasteiger partial charge in [0.15, 0.2) is 6.29 Å². The molecular formula is C8H9F3O2. The summed E-state index contributed by atoms with van der Waals surface area (Å²) in [5, 5.41) is 0. The van der Waals surface area contributed by atoms with E-state index in [-0.39, 0.29) is 5.57 Å². The van der Waals surface area contributed by atoms with Gasteiger partial charge in [-0.05, 0) is 19.9 Å². The average Bonchev–Trinajstić information content (AvgIpc) is 2.02. The predicted octanol–water partition coefficient (Wildman–Crippen LogP) is 2.57. The van der Waals surface area contributed by atoms with Crippen LogP contribution < -0.4 is 0 Å². The smallest absolute Gasteiger partial charge is 0.405 e. The first kappa shape index (κ1) is 11.7. The lowest BCUT2D eigenvalue weighted by Crippen LogP contribution is -2.14. The molecular weight excluding hydrogens is 185 g/mol. The van der Waals surface area contributed by atoms with Crippen molar-refractivity contribution < 1.29 is 22.7 Å². The first-order chi connectivity index (χ1) is 5.94. The number of ether oxygens (including phenoxy) is 1. The zero-order chi connectivity index (χ0) is 10.5. The van der Waals surface area contributed by atoms with Gasteiger partial charge in [0.25, 0.3) is 0 Å². The number of allylic oxidation sites excluding steroid dienone is 3. The lowest BCUT2D eigenvalue weighted by molar-refractivity contribution is -0.303. The second kappa shape index (κ2) is 4.69. The van der Waals surface area contributed by atoms with Crippen LogP contribution >= 0.6 is 0 Å². The number of carbonyl (C=O) groups excluding carboxylic acids is 1. The molecule has 5 heteroatoms. The Morgan fingerprint density at radius 1 is 1.23 bits per heavy atom. The zero-order valence-electron chi connectivity index (χ0n) is 7.18. The molecule has 0 heterocycles. The fourth-order valence-corrected chi connectivity index (χ4v) is 0.678. The molecule has 0 aliphatic heterocycles. The summed E-state index contributed by atoms with van der Waals surface area (Å²) >= 11 is 0. The van der Waals surface area contributed by atoms with Crippen LogP contribution in [0.1, 0.15) is 13.8 Å². The number of alkyl halides is 3. The quantitative estimate of drug-likeness (QED) is 0.298. The second-order valence-corrected chi connectivity index (χ2v) is 2.06. The normalized spacial score (nSPS) is 14.2. The van der Waals surface area contributed by atoms with E-state index in [0.29, 0.717) is 6.29 Å². The van der Waals surface area contributed by atoms with Gasteiger partial charge >= 0.3 is 6.36 Å². The molecule has 0 aliphatic carbocycles. The van der Waals surface area contributed by atoms with Gasteiger partial charge in [-0.25, -0.2) is 0 Å². The first-order valence-electron chi connectivity index (χ1n) is 3.48. The Labute approximate surface area is 73.7 Å². The molecule has 0 amide bonds. The number of carbonyl (C=O) groups is 1. The Morgan fingerprint density at radius 2 is 1.77 bits per heavy atom. The maximum atomic E-state index is 11.7. The minimum Gasteiger partial charge on any atom is -0.405 e. The van der Waals surface area contributed by atoms with Crippen LogP contribution in [0.25, 0.3) is 0 Å². The molecule has 13 heavy (non-hydrogen) atoms. The van der Waals surface area contributed by atoms with Crippen molar-refractivity contribution in [2.45, 2.75) is 20.2 Å². The molecule has 0 bridgehead atoms. The fraction of sp³-hybridized carbons (Fsp3) is 0.375. The maximum absolute atomic E-state index is 11.7. The van der Waals surface area contributed by atoms with Crippen LogP contribution in [-0.2, 0) is 9.53 Å². The standard InChI is InChI=1S/C8H9F3O2/c1-3-6(5-12)7(4-2)13-8(9,10)11/h3-5H,1-2H3/b6-3-,7-4+. The average molecular weight is 194 g/mol. The highest BCUT2D eigenvalue weighted by molar-refractivity contribution is 5.78. The summed E-state index contributed by atoms with van der Waals surface area (Å²) in [6.45, 7) is 2.81. The number of hydrogen-bond donors (Lipinski definition) is 0. The Hall–Kier alpha value is -1.26. The van der Waals surface area contributed by atoms with E-state index in [1.54, 1.807) is 0 Å². The zero-order valence-corrected chi connectivity index (χ0v) is 7.18. The van der Waals surface area contributed by atoms with E-state index in [9.17, 15) is 18.0 Å². The molecule has 0 aromatic carbocycles. The lowest BCUT2D eigenvalue weighted by atomic mass is 10.2. The topological polar surface area (TPSA) is 26.3 Å². The van der Waals surface area contributed by atoms with Gasteiger partial charge in [-0.15, -0.1) is 13.2 Å². The maximum Gasteiger partial charge on any atom is 0.573 e. The minimum atomic E-state index is -4.76. The second-order valence-electron chi connectivity index (χ2n) is 2.06. The van der Waals surface area contributed by atoms with E-state index in [1.807, 2.05) is 0 Å². The summed E-state index contributed by atoms with van der Waals surface area (Å²) in [4.78, 5) is 10.3. The molecule has 0 saturated heterocycles. The Morgan fingerprint density at radius 3 is 2.00 bits per heavy atom. The van der Waals surface area contributed by atoms with Crippen LogP contribution in [0.5, 0.6) is 0 Å². The number of halogens is 3. The van der Waals surface area contributed by atoms with E-state index in [2.05, 4.69) is 4.74 Å². The summed E-state index contributed by atoms with van der Waals surface area (Å²) in [7, 11) is 0. The molecule has 0 spiro atoms. The minimum absolute atomic E-state index is 0.125. The van der Waals surface area contributed by atoms with Crippen molar-refractivity contribution in [2.24, 2.45) is 0 Å². The molecule has 0 aromatic rings. The third-order valence-electron chi connectivity index (χ3n) is 1.21. The number of rotatable bonds is 3. The van der Waals surface area contributed by atoms with Gasteiger partial charge in [-0.1, -0.05) is 6.08 Å². The van der Waals surface area contributed by atoms with Crippen molar-refractivity contribution in [3.8, 4) is 0 Å². The molecule has 0 radical (unpaired) electrons. The van der Waals surface area contributed by atoms with E-state index < -0.39 is 12.1 Å². The van der Waals surface area contributed by atoms with Crippen LogP contribution in [0.3, 0.4) is 0 Å². The summed E-state index contributed by atoms with van der Waals surface area (Å²) in [5.74, 6) is -0.481. The largest absolute Gasteiger partial charge is 0.573 e. The highest BCUT2D eigenvalue weighted by atomic mass is 19.4. The van der Waals surface area contributed by atoms with E-state index >= 15 is 0 Å². The van der Waals surface area contributed by atoms with Crippen LogP contribution in [0.2, 0.25) is 0 Å². The van der Waals surface area contributed by atoms with Crippen molar-refractivity contribution in [3.63, 3.8) is 0 Å². The Bertz CT molecular complexity index is 238. The van der Waals surface area contributed by atoms with Gasteiger partial charge in [0.2, 0.25) is 0 Å². The van der Waals surface area contributed by atoms with Crippen molar-refractivity contribution in [1.29, 1.82) is 0 Å². The van der Waals surface area contributed by atoms with E-state index in [4.69, 9.17) is 0 Å². The molecule has 0 atom stereocenters. The molecule has 0 fully saturated rings. The van der Waals surface area contributed by atoms with E-state index in [0.717, 1.165) is 6.08 Å². The van der Waals surface area contributed by atoms with Crippen LogP contribution in [0.4, 0.5) is 13.2 Å². The SMILES string of the molecule is C/C=C(C=O)\C(=C/C)OC(F)(F)F. The summed E-state index contributed by atoms with van der Waals surface area (Å²) in [6.07, 6.45) is -2.13. The fourth-order valence-electron chi connectivity index (χ4n) is 0.678. The van der Waals surface area contributed by atoms with Gasteiger partial charge in [-0.2, -0.15) is 0 Å². The van der Waals surface area contributed by atoms with Gasteiger partial charge in [-0.3, -0.25) is 4.79 Å². The van der Waals surface area contributed by atoms with Crippen molar-refractivity contribution >= 4 is 6.29 Å². The third kappa shape index (κ3) is 4.35. The van der Waals surface area contributed by atoms with Gasteiger partial charge in [0.05, 0.1) is 5.57 Å². The molecule has 0 saturated carbocycles. The van der Waals surface area contributed by atoms with Crippen LogP contribution in [-0.4, -0.2) is 12.6 Å². The molecule has 2 nitrogen and oxygen atoms in total. The van der Waals surface area contributed by atoms with E-state index in [1.165, 1.54) is 19.9 Å². The first-order valence-corrected chi connectivity index (χ1v) is 3.48. The van der Waals surface area contributed by atoms with Crippen molar-refractivity contribution in [2.75, 3.05) is 0 Å². The van der Waals surface area contributed by atoms with Crippen molar-refractivity contribution in [3.05, 3.63) is 23.5 Å². The van der Waals surface area contributed by atoms with Gasteiger partial charge in [0.1, 0.15) is 5.76 Å². The number of aldehydes is 1. The highest BCUT2D eigenvalue weighted by Gasteiger charge is 2.32. The third-order valence-corrected chi connectivity index (χ3v) is 1.21. The lowest BCUT2D eigenvalue weighted by Gasteiger charge is -2.11. The monoisotopic (exact) mass is 194 g/mol. The van der Waals surface area contributed by atoms with Crippen LogP contribution in [0, 0.1) is 0 Å². The summed E-state index contributed by atoms with van der Waals surface area (Å²) in [6, 6.07) is 0. The predicted molar refractivity (Wildman–Crippen MR) is 40.7 cm³/mol. The summed E-state index contributed by atoms with van der Waals surface area (Å²) < 4.78 is 38.8. The molecule has 0 N–H and O–H groups in total. The molecule has 0 aliphatic rings. The summed E-state index contributed by atoms with van der Waals surface area (Å²) in [5.41, 5.74) is -0.125. The Kier molecular flexibility index (Phi) is 4.23. The highest BCUT2D eigenvalue weighted by Crippen LogP contribution is 2.23. The Balaban J connectivity index is 4.65. The number of hydrogen-bond acceptors (Lipinski definition) is 2. The molecule has 0 aromatic heterocycles. The molecule has 0 unspecified atom stereocenters. The van der Waals surface area contributed by atoms with Crippen molar-refractivity contribution in [1.82, 2.24) is 0 Å². The van der Waals surface area contributed by atoms with Crippen LogP contribution in [0.15, 0.2) is 23.5 Å². The van der Waals surface area contributed by atoms with Gasteiger partial charge in [0, 0.05) is 0 Å². The molecule has 74 valence electrons.